The van der Waals surface area contributed by atoms with Gasteiger partial charge in [0.1, 0.15) is 11.4 Å². The second-order valence-corrected chi connectivity index (χ2v) is 7.79. The van der Waals surface area contributed by atoms with Crippen LogP contribution < -0.4 is 4.74 Å². The van der Waals surface area contributed by atoms with Gasteiger partial charge in [0.2, 0.25) is 11.6 Å². The summed E-state index contributed by atoms with van der Waals surface area (Å²) in [6, 6.07) is 2.46. The van der Waals surface area contributed by atoms with Gasteiger partial charge in [-0.3, -0.25) is 0 Å². The molecule has 0 radical (unpaired) electrons. The van der Waals surface area contributed by atoms with Gasteiger partial charge in [-0.25, -0.2) is 43.9 Å². The summed E-state index contributed by atoms with van der Waals surface area (Å²) in [6.45, 7) is 4.06. The molecule has 0 saturated carbocycles. The van der Waals surface area contributed by atoms with Crippen LogP contribution in [0.1, 0.15) is 20.8 Å². The third-order valence-electron chi connectivity index (χ3n) is 4.38. The summed E-state index contributed by atoms with van der Waals surface area (Å²) in [6.07, 6.45) is 0. The Hall–Kier alpha value is -3.24. The first-order valence-corrected chi connectivity index (χ1v) is 9.04. The van der Waals surface area contributed by atoms with Crippen LogP contribution in [0.25, 0.3) is 22.3 Å². The van der Waals surface area contributed by atoms with E-state index < -0.39 is 91.8 Å². The van der Waals surface area contributed by atoms with Crippen molar-refractivity contribution in [1.29, 1.82) is 0 Å². The molecule has 0 atom stereocenters. The molecule has 0 fully saturated rings. The van der Waals surface area contributed by atoms with Crippen molar-refractivity contribution in [2.45, 2.75) is 26.4 Å². The highest BCUT2D eigenvalue weighted by Gasteiger charge is 2.33. The molecule has 0 aliphatic rings. The molecule has 3 aromatic carbocycles. The first-order chi connectivity index (χ1) is 15.2. The van der Waals surface area contributed by atoms with Crippen LogP contribution in [0, 0.1) is 58.2 Å². The maximum absolute atomic E-state index is 14.5. The Kier molecular flexibility index (Phi) is 6.12. The van der Waals surface area contributed by atoms with Crippen LogP contribution in [0.4, 0.5) is 43.9 Å². The van der Waals surface area contributed by atoms with Crippen molar-refractivity contribution in [2.75, 3.05) is 0 Å². The van der Waals surface area contributed by atoms with E-state index in [1.165, 1.54) is 20.8 Å². The van der Waals surface area contributed by atoms with E-state index >= 15 is 0 Å². The van der Waals surface area contributed by atoms with E-state index in [1.807, 2.05) is 0 Å². The van der Waals surface area contributed by atoms with Crippen LogP contribution in [-0.4, -0.2) is 5.60 Å². The first kappa shape index (κ1) is 24.4. The van der Waals surface area contributed by atoms with Crippen molar-refractivity contribution >= 4 is 0 Å². The number of rotatable bonds is 3. The molecule has 11 heteroatoms. The molecule has 0 spiro atoms. The quantitative estimate of drug-likeness (QED) is 0.212. The average Bonchev–Trinajstić information content (AvgIpc) is 2.74. The van der Waals surface area contributed by atoms with Crippen molar-refractivity contribution in [2.24, 2.45) is 0 Å². The molecule has 176 valence electrons. The maximum atomic E-state index is 14.5. The van der Waals surface area contributed by atoms with E-state index in [1.54, 1.807) is 0 Å². The summed E-state index contributed by atoms with van der Waals surface area (Å²) in [5, 5.41) is 0. The van der Waals surface area contributed by atoms with Crippen molar-refractivity contribution in [3.05, 3.63) is 76.4 Å². The average molecular weight is 482 g/mol. The molecule has 1 nitrogen and oxygen atoms in total. The third-order valence-corrected chi connectivity index (χ3v) is 4.38. The molecule has 0 amide bonds. The fourth-order valence-electron chi connectivity index (χ4n) is 3.03. The van der Waals surface area contributed by atoms with E-state index in [-0.39, 0.29) is 0 Å². The fourth-order valence-corrected chi connectivity index (χ4v) is 3.03. The van der Waals surface area contributed by atoms with Gasteiger partial charge in [-0.1, -0.05) is 18.2 Å². The van der Waals surface area contributed by atoms with Crippen LogP contribution in [-0.2, 0) is 0 Å². The molecule has 0 aliphatic carbocycles. The van der Waals surface area contributed by atoms with Crippen LogP contribution in [0.5, 0.6) is 5.75 Å². The van der Waals surface area contributed by atoms with Crippen LogP contribution in [0.15, 0.2) is 18.2 Å². The number of ether oxygens (including phenoxy) is 1. The monoisotopic (exact) mass is 482 g/mol. The number of halogens is 10. The van der Waals surface area contributed by atoms with Gasteiger partial charge in [0.05, 0.1) is 11.1 Å². The second-order valence-electron chi connectivity index (χ2n) is 7.79. The molecular formula is C22H12F10O. The number of benzene rings is 3. The molecule has 0 unspecified atom stereocenters. The lowest BCUT2D eigenvalue weighted by atomic mass is 9.94. The van der Waals surface area contributed by atoms with Gasteiger partial charge in [0.15, 0.2) is 46.5 Å². The highest BCUT2D eigenvalue weighted by Crippen LogP contribution is 2.45. The lowest BCUT2D eigenvalue weighted by Crippen LogP contribution is -2.24. The minimum absolute atomic E-state index is 0.800. The normalized spacial score (nSPS) is 11.8. The predicted octanol–water partition coefficient (Wildman–Crippen LogP) is 7.59. The molecular weight excluding hydrogens is 470 g/mol. The van der Waals surface area contributed by atoms with Gasteiger partial charge >= 0.3 is 0 Å². The first-order valence-electron chi connectivity index (χ1n) is 9.04. The van der Waals surface area contributed by atoms with Crippen LogP contribution >= 0.6 is 0 Å². The maximum Gasteiger partial charge on any atom is 0.200 e. The number of para-hydroxylation sites is 1. The largest absolute Gasteiger partial charge is 0.487 e. The Morgan fingerprint density at radius 1 is 0.485 bits per heavy atom. The molecule has 0 heterocycles. The summed E-state index contributed by atoms with van der Waals surface area (Å²) in [5.41, 5.74) is -6.11. The highest BCUT2D eigenvalue weighted by atomic mass is 19.2. The fraction of sp³-hybridized carbons (Fsp3) is 0.182. The lowest BCUT2D eigenvalue weighted by Gasteiger charge is -2.26. The number of hydrogen-bond donors (Lipinski definition) is 0. The Balaban J connectivity index is 2.51. The molecule has 0 saturated heterocycles. The summed E-state index contributed by atoms with van der Waals surface area (Å²) < 4.78 is 146. The molecule has 33 heavy (non-hydrogen) atoms. The SMILES string of the molecule is CC(C)(C)Oc1c(-c2c(F)c(F)c(F)c(F)c2F)cccc1-c1c(F)c(F)c(F)c(F)c1F. The molecule has 0 N–H and O–H groups in total. The Morgan fingerprint density at radius 3 is 1.03 bits per heavy atom. The molecule has 0 bridgehead atoms. The third kappa shape index (κ3) is 4.00. The van der Waals surface area contributed by atoms with Gasteiger partial charge in [0, 0.05) is 11.1 Å². The predicted molar refractivity (Wildman–Crippen MR) is 97.3 cm³/mol. The van der Waals surface area contributed by atoms with E-state index in [9.17, 15) is 43.9 Å². The summed E-state index contributed by atoms with van der Waals surface area (Å²) in [7, 11) is 0. The van der Waals surface area contributed by atoms with E-state index in [4.69, 9.17) is 4.74 Å². The standard InChI is InChI=1S/C22H12F10O/c1-22(2,3)33-21-7(9-11(23)15(27)19(31)16(28)12(9)24)5-4-6-8(21)10-13(25)17(29)20(32)18(30)14(10)26/h4-6H,1-3H3. The van der Waals surface area contributed by atoms with Gasteiger partial charge in [0.25, 0.3) is 0 Å². The molecule has 3 aromatic rings. The number of hydrogen-bond acceptors (Lipinski definition) is 1. The summed E-state index contributed by atoms with van der Waals surface area (Å²) in [4.78, 5) is 0. The van der Waals surface area contributed by atoms with E-state index in [0.717, 1.165) is 18.2 Å². The molecule has 0 aliphatic heterocycles. The lowest BCUT2D eigenvalue weighted by molar-refractivity contribution is 0.132. The second kappa shape index (κ2) is 8.27. The topological polar surface area (TPSA) is 9.23 Å². The minimum Gasteiger partial charge on any atom is -0.487 e. The van der Waals surface area contributed by atoms with Gasteiger partial charge in [-0.05, 0) is 20.8 Å². The summed E-state index contributed by atoms with van der Waals surface area (Å²) in [5.74, 6) is -24.2. The zero-order chi connectivity index (χ0) is 25.0. The van der Waals surface area contributed by atoms with Gasteiger partial charge < -0.3 is 4.74 Å². The molecule has 3 rings (SSSR count). The minimum atomic E-state index is -2.46. The smallest absolute Gasteiger partial charge is 0.200 e. The van der Waals surface area contributed by atoms with Crippen molar-refractivity contribution in [1.82, 2.24) is 0 Å². The summed E-state index contributed by atoms with van der Waals surface area (Å²) >= 11 is 0. The zero-order valence-corrected chi connectivity index (χ0v) is 16.9. The van der Waals surface area contributed by atoms with Crippen molar-refractivity contribution in [3.8, 4) is 28.0 Å². The van der Waals surface area contributed by atoms with Gasteiger partial charge in [-0.2, -0.15) is 0 Å². The Labute approximate surface area is 180 Å². The van der Waals surface area contributed by atoms with E-state index in [0.29, 0.717) is 0 Å². The van der Waals surface area contributed by atoms with Crippen LogP contribution in [0.3, 0.4) is 0 Å². The van der Waals surface area contributed by atoms with Crippen molar-refractivity contribution < 1.29 is 48.6 Å². The van der Waals surface area contributed by atoms with E-state index in [2.05, 4.69) is 0 Å². The highest BCUT2D eigenvalue weighted by molar-refractivity contribution is 5.83. The van der Waals surface area contributed by atoms with Gasteiger partial charge in [-0.15, -0.1) is 0 Å². The van der Waals surface area contributed by atoms with Crippen molar-refractivity contribution in [3.63, 3.8) is 0 Å². The Morgan fingerprint density at radius 2 is 0.758 bits per heavy atom. The van der Waals surface area contributed by atoms with Crippen LogP contribution in [0.2, 0.25) is 0 Å². The zero-order valence-electron chi connectivity index (χ0n) is 16.9. The Bertz CT molecular complexity index is 1130. The molecule has 0 aromatic heterocycles.